The lowest BCUT2D eigenvalue weighted by Crippen LogP contribution is -2.38. The van der Waals surface area contributed by atoms with Crippen molar-refractivity contribution < 1.29 is 22.4 Å². The number of carbonyl (C=O) groups is 1. The van der Waals surface area contributed by atoms with E-state index in [0.717, 1.165) is 16.9 Å². The first-order valence-corrected chi connectivity index (χ1v) is 12.8. The predicted molar refractivity (Wildman–Crippen MR) is 136 cm³/mol. The molecule has 3 aromatic rings. The standard InChI is InChI=1S/C26H33N3O5S/c1-19-8-13-23(17-20(19)2)35(31,32)29(21-9-11-22(33-5)12-10-21)15-14-26(30)27-18-24(28(3)4)25-7-6-16-34-25/h6-13,16-17,24H,14-15,18H2,1-5H3,(H,27,30). The molecule has 0 fully saturated rings. The zero-order valence-electron chi connectivity index (χ0n) is 20.8. The molecule has 188 valence electrons. The Labute approximate surface area is 207 Å². The molecular weight excluding hydrogens is 466 g/mol. The molecule has 0 aliphatic heterocycles. The first kappa shape index (κ1) is 26.3. The maximum Gasteiger partial charge on any atom is 0.264 e. The molecule has 35 heavy (non-hydrogen) atoms. The topological polar surface area (TPSA) is 92.1 Å². The summed E-state index contributed by atoms with van der Waals surface area (Å²) in [5, 5.41) is 2.90. The predicted octanol–water partition coefficient (Wildman–Crippen LogP) is 3.91. The Bertz CT molecular complexity index is 1220. The third-order valence-corrected chi connectivity index (χ3v) is 7.78. The van der Waals surface area contributed by atoms with E-state index in [0.29, 0.717) is 18.0 Å². The molecule has 0 spiro atoms. The summed E-state index contributed by atoms with van der Waals surface area (Å²) in [6.45, 7) is 4.13. The summed E-state index contributed by atoms with van der Waals surface area (Å²) in [7, 11) is 1.46. The number of ether oxygens (including phenoxy) is 1. The molecule has 1 N–H and O–H groups in total. The number of benzene rings is 2. The summed E-state index contributed by atoms with van der Waals surface area (Å²) >= 11 is 0. The van der Waals surface area contributed by atoms with E-state index >= 15 is 0 Å². The van der Waals surface area contributed by atoms with Gasteiger partial charge < -0.3 is 14.5 Å². The zero-order valence-corrected chi connectivity index (χ0v) is 21.6. The van der Waals surface area contributed by atoms with Gasteiger partial charge in [-0.2, -0.15) is 0 Å². The summed E-state index contributed by atoms with van der Waals surface area (Å²) in [4.78, 5) is 14.9. The Morgan fingerprint density at radius 3 is 2.34 bits per heavy atom. The summed E-state index contributed by atoms with van der Waals surface area (Å²) < 4.78 is 39.2. The number of likely N-dealkylation sites (N-methyl/N-ethyl adjacent to an activating group) is 1. The van der Waals surface area contributed by atoms with E-state index in [-0.39, 0.29) is 29.8 Å². The van der Waals surface area contributed by atoms with Crippen LogP contribution in [0.4, 0.5) is 5.69 Å². The Morgan fingerprint density at radius 2 is 1.77 bits per heavy atom. The van der Waals surface area contributed by atoms with Crippen molar-refractivity contribution in [3.8, 4) is 5.75 Å². The SMILES string of the molecule is COc1ccc(N(CCC(=O)NCC(c2ccco2)N(C)C)S(=O)(=O)c2ccc(C)c(C)c2)cc1. The molecule has 1 atom stereocenters. The van der Waals surface area contributed by atoms with E-state index < -0.39 is 10.0 Å². The van der Waals surface area contributed by atoms with Crippen molar-refractivity contribution in [1.29, 1.82) is 0 Å². The lowest BCUT2D eigenvalue weighted by Gasteiger charge is -2.26. The Balaban J connectivity index is 1.79. The van der Waals surface area contributed by atoms with Crippen LogP contribution < -0.4 is 14.4 Å². The Hall–Kier alpha value is -3.30. The lowest BCUT2D eigenvalue weighted by molar-refractivity contribution is -0.121. The van der Waals surface area contributed by atoms with Gasteiger partial charge in [0.15, 0.2) is 0 Å². The molecule has 2 aromatic carbocycles. The van der Waals surface area contributed by atoms with Gasteiger partial charge in [0, 0.05) is 19.5 Å². The van der Waals surface area contributed by atoms with Crippen molar-refractivity contribution in [3.05, 3.63) is 77.7 Å². The first-order chi connectivity index (χ1) is 16.6. The maximum absolute atomic E-state index is 13.6. The molecular formula is C26H33N3O5S. The second kappa shape index (κ2) is 11.4. The van der Waals surface area contributed by atoms with Gasteiger partial charge in [0.05, 0.1) is 30.0 Å². The van der Waals surface area contributed by atoms with Crippen LogP contribution in [0, 0.1) is 13.8 Å². The normalized spacial score (nSPS) is 12.4. The number of hydrogen-bond acceptors (Lipinski definition) is 6. The van der Waals surface area contributed by atoms with Crippen molar-refractivity contribution >= 4 is 21.6 Å². The summed E-state index contributed by atoms with van der Waals surface area (Å²) in [5.41, 5.74) is 2.34. The average molecular weight is 500 g/mol. The summed E-state index contributed by atoms with van der Waals surface area (Å²) in [6, 6.07) is 15.3. The number of furan rings is 1. The minimum atomic E-state index is -3.90. The minimum Gasteiger partial charge on any atom is -0.497 e. The average Bonchev–Trinajstić information content (AvgIpc) is 3.35. The highest BCUT2D eigenvalue weighted by atomic mass is 32.2. The van der Waals surface area contributed by atoms with Crippen LogP contribution >= 0.6 is 0 Å². The summed E-state index contributed by atoms with van der Waals surface area (Å²) in [6.07, 6.45) is 1.59. The molecule has 1 amide bonds. The van der Waals surface area contributed by atoms with Crippen LogP contribution in [0.15, 0.2) is 70.2 Å². The third kappa shape index (κ3) is 6.43. The lowest BCUT2D eigenvalue weighted by atomic mass is 10.1. The van der Waals surface area contributed by atoms with Crippen LogP contribution in [0.2, 0.25) is 0 Å². The minimum absolute atomic E-state index is 0.00555. The van der Waals surface area contributed by atoms with E-state index in [1.807, 2.05) is 38.9 Å². The van der Waals surface area contributed by atoms with E-state index in [2.05, 4.69) is 5.32 Å². The fraction of sp³-hybridized carbons (Fsp3) is 0.346. The van der Waals surface area contributed by atoms with Gasteiger partial charge in [-0.1, -0.05) is 6.07 Å². The van der Waals surface area contributed by atoms with Crippen LogP contribution in [-0.2, 0) is 14.8 Å². The fourth-order valence-electron chi connectivity index (χ4n) is 3.66. The monoisotopic (exact) mass is 499 g/mol. The quantitative estimate of drug-likeness (QED) is 0.430. The Kier molecular flexibility index (Phi) is 8.58. The number of carbonyl (C=O) groups excluding carboxylic acids is 1. The van der Waals surface area contributed by atoms with Crippen LogP contribution in [-0.4, -0.2) is 53.5 Å². The highest BCUT2D eigenvalue weighted by molar-refractivity contribution is 7.92. The van der Waals surface area contributed by atoms with Gasteiger partial charge in [0.1, 0.15) is 11.5 Å². The number of nitrogens with one attached hydrogen (secondary N) is 1. The number of rotatable bonds is 11. The highest BCUT2D eigenvalue weighted by Crippen LogP contribution is 2.27. The number of hydrogen-bond donors (Lipinski definition) is 1. The first-order valence-electron chi connectivity index (χ1n) is 11.3. The fourth-order valence-corrected chi connectivity index (χ4v) is 5.21. The van der Waals surface area contributed by atoms with Crippen molar-refractivity contribution in [2.24, 2.45) is 0 Å². The van der Waals surface area contributed by atoms with Crippen LogP contribution in [0.3, 0.4) is 0 Å². The molecule has 0 aliphatic carbocycles. The van der Waals surface area contributed by atoms with E-state index in [4.69, 9.17) is 9.15 Å². The molecule has 1 aromatic heterocycles. The second-order valence-electron chi connectivity index (χ2n) is 8.57. The van der Waals surface area contributed by atoms with Gasteiger partial charge in [-0.05, 0) is 87.6 Å². The highest BCUT2D eigenvalue weighted by Gasteiger charge is 2.26. The van der Waals surface area contributed by atoms with Crippen molar-refractivity contribution in [3.63, 3.8) is 0 Å². The van der Waals surface area contributed by atoms with Crippen molar-refractivity contribution in [2.75, 3.05) is 38.6 Å². The number of nitrogens with zero attached hydrogens (tertiary/aromatic N) is 2. The van der Waals surface area contributed by atoms with E-state index in [1.54, 1.807) is 61.9 Å². The van der Waals surface area contributed by atoms with Gasteiger partial charge in [-0.3, -0.25) is 14.0 Å². The molecule has 9 heteroatoms. The molecule has 1 heterocycles. The van der Waals surface area contributed by atoms with Gasteiger partial charge in [0.2, 0.25) is 5.91 Å². The van der Waals surface area contributed by atoms with Gasteiger partial charge in [-0.15, -0.1) is 0 Å². The van der Waals surface area contributed by atoms with Crippen LogP contribution in [0.5, 0.6) is 5.75 Å². The molecule has 0 radical (unpaired) electrons. The van der Waals surface area contributed by atoms with E-state index in [9.17, 15) is 13.2 Å². The van der Waals surface area contributed by atoms with Crippen LogP contribution in [0.1, 0.15) is 29.3 Å². The summed E-state index contributed by atoms with van der Waals surface area (Å²) in [5.74, 6) is 1.10. The van der Waals surface area contributed by atoms with Crippen molar-refractivity contribution in [1.82, 2.24) is 10.2 Å². The van der Waals surface area contributed by atoms with Gasteiger partial charge in [-0.25, -0.2) is 8.42 Å². The number of sulfonamides is 1. The largest absolute Gasteiger partial charge is 0.497 e. The van der Waals surface area contributed by atoms with Crippen molar-refractivity contribution in [2.45, 2.75) is 31.2 Å². The van der Waals surface area contributed by atoms with Crippen LogP contribution in [0.25, 0.3) is 0 Å². The van der Waals surface area contributed by atoms with E-state index in [1.165, 1.54) is 4.31 Å². The smallest absolute Gasteiger partial charge is 0.264 e. The number of aryl methyl sites for hydroxylation is 2. The maximum atomic E-state index is 13.6. The van der Waals surface area contributed by atoms with Gasteiger partial charge in [0.25, 0.3) is 10.0 Å². The molecule has 8 nitrogen and oxygen atoms in total. The number of methoxy groups -OCH3 is 1. The number of anilines is 1. The molecule has 0 bridgehead atoms. The second-order valence-corrected chi connectivity index (χ2v) is 10.4. The molecule has 0 saturated carbocycles. The number of amides is 1. The molecule has 0 aliphatic rings. The third-order valence-electron chi connectivity index (χ3n) is 5.96. The van der Waals surface area contributed by atoms with Gasteiger partial charge >= 0.3 is 0 Å². The molecule has 0 saturated heterocycles. The molecule has 1 unspecified atom stereocenters. The zero-order chi connectivity index (χ0) is 25.6. The molecule has 3 rings (SSSR count). The Morgan fingerprint density at radius 1 is 1.06 bits per heavy atom.